The lowest BCUT2D eigenvalue weighted by Crippen LogP contribution is -3.14. The van der Waals surface area contributed by atoms with E-state index in [4.69, 9.17) is 5.73 Å². The predicted molar refractivity (Wildman–Crippen MR) is 81.9 cm³/mol. The number of amides is 2. The Kier molecular flexibility index (Phi) is 5.49. The molecule has 3 N–H and O–H groups in total. The average molecular weight is 308 g/mol. The van der Waals surface area contributed by atoms with Crippen molar-refractivity contribution in [2.24, 2.45) is 11.7 Å². The van der Waals surface area contributed by atoms with Crippen molar-refractivity contribution in [1.29, 1.82) is 0 Å². The molecule has 1 saturated heterocycles. The van der Waals surface area contributed by atoms with Crippen molar-refractivity contribution in [3.8, 4) is 0 Å². The summed E-state index contributed by atoms with van der Waals surface area (Å²) in [7, 11) is 0. The highest BCUT2D eigenvalue weighted by molar-refractivity contribution is 5.93. The van der Waals surface area contributed by atoms with Crippen molar-refractivity contribution in [3.05, 3.63) is 30.1 Å². The van der Waals surface area contributed by atoms with Crippen molar-refractivity contribution in [1.82, 2.24) is 0 Å². The number of carbonyl (C=O) groups excluding carboxylic acids is 2. The standard InChI is InChI=1S/C16H22FN3O2/c1-2-20(14-5-3-13(17)4-6-14)15(21)11-19-9-7-12(8-10-19)16(18)22/h3-6,12H,2,7-11H2,1H3,(H2,18,22)/p+1. The Balaban J connectivity index is 1.93. The van der Waals surface area contributed by atoms with Gasteiger partial charge in [-0.25, -0.2) is 4.39 Å². The van der Waals surface area contributed by atoms with Gasteiger partial charge in [-0.1, -0.05) is 0 Å². The van der Waals surface area contributed by atoms with E-state index in [1.165, 1.54) is 17.0 Å². The van der Waals surface area contributed by atoms with E-state index in [1.807, 2.05) is 6.92 Å². The van der Waals surface area contributed by atoms with Crippen molar-refractivity contribution >= 4 is 17.5 Å². The van der Waals surface area contributed by atoms with Gasteiger partial charge in [-0.2, -0.15) is 0 Å². The van der Waals surface area contributed by atoms with E-state index < -0.39 is 0 Å². The van der Waals surface area contributed by atoms with Gasteiger partial charge in [0.05, 0.1) is 13.1 Å². The summed E-state index contributed by atoms with van der Waals surface area (Å²) in [6.07, 6.45) is 1.47. The first-order valence-electron chi connectivity index (χ1n) is 7.70. The number of rotatable bonds is 5. The van der Waals surface area contributed by atoms with Gasteiger partial charge in [-0.15, -0.1) is 0 Å². The molecule has 1 fully saturated rings. The normalized spacial score (nSPS) is 21.4. The number of anilines is 1. The molecule has 2 rings (SSSR count). The number of likely N-dealkylation sites (N-methyl/N-ethyl adjacent to an activating group) is 1. The molecule has 0 spiro atoms. The van der Waals surface area contributed by atoms with Gasteiger partial charge in [0.15, 0.2) is 6.54 Å². The number of nitrogens with zero attached hydrogens (tertiary/aromatic N) is 1. The molecule has 1 aromatic rings. The Labute approximate surface area is 129 Å². The maximum absolute atomic E-state index is 13.0. The van der Waals surface area contributed by atoms with E-state index >= 15 is 0 Å². The zero-order chi connectivity index (χ0) is 16.1. The molecular formula is C16H23FN3O2+. The topological polar surface area (TPSA) is 67.8 Å². The van der Waals surface area contributed by atoms with Gasteiger partial charge in [-0.05, 0) is 31.2 Å². The maximum atomic E-state index is 13.0. The fourth-order valence-corrected chi connectivity index (χ4v) is 2.92. The molecule has 1 aliphatic heterocycles. The molecule has 0 aromatic heterocycles. The molecule has 1 heterocycles. The summed E-state index contributed by atoms with van der Waals surface area (Å²) in [5.74, 6) is -0.599. The molecule has 0 atom stereocenters. The zero-order valence-corrected chi connectivity index (χ0v) is 12.8. The summed E-state index contributed by atoms with van der Waals surface area (Å²) in [6, 6.07) is 5.95. The van der Waals surface area contributed by atoms with E-state index in [0.29, 0.717) is 18.8 Å². The van der Waals surface area contributed by atoms with Crippen LogP contribution in [0.25, 0.3) is 0 Å². The Morgan fingerprint density at radius 3 is 2.36 bits per heavy atom. The van der Waals surface area contributed by atoms with Crippen molar-refractivity contribution in [2.75, 3.05) is 31.1 Å². The molecule has 5 nitrogen and oxygen atoms in total. The van der Waals surface area contributed by atoms with Crippen LogP contribution in [0.15, 0.2) is 24.3 Å². The summed E-state index contributed by atoms with van der Waals surface area (Å²) < 4.78 is 13.0. The van der Waals surface area contributed by atoms with Crippen LogP contribution in [-0.2, 0) is 9.59 Å². The lowest BCUT2D eigenvalue weighted by Gasteiger charge is -2.29. The third-order valence-electron chi connectivity index (χ3n) is 4.25. The number of likely N-dealkylation sites (tertiary alicyclic amines) is 1. The van der Waals surface area contributed by atoms with Crippen LogP contribution in [0.5, 0.6) is 0 Å². The van der Waals surface area contributed by atoms with Gasteiger partial charge in [0.2, 0.25) is 5.91 Å². The first-order valence-corrected chi connectivity index (χ1v) is 7.70. The minimum Gasteiger partial charge on any atom is -0.369 e. The second-order valence-corrected chi connectivity index (χ2v) is 5.72. The van der Waals surface area contributed by atoms with Crippen LogP contribution in [0, 0.1) is 11.7 Å². The van der Waals surface area contributed by atoms with Gasteiger partial charge < -0.3 is 15.5 Å². The number of hydrogen-bond donors (Lipinski definition) is 2. The molecule has 0 unspecified atom stereocenters. The Hall–Kier alpha value is -1.95. The summed E-state index contributed by atoms with van der Waals surface area (Å²) in [5.41, 5.74) is 6.03. The third-order valence-corrected chi connectivity index (χ3v) is 4.25. The number of piperidine rings is 1. The van der Waals surface area contributed by atoms with Gasteiger partial charge in [0, 0.05) is 31.0 Å². The van der Waals surface area contributed by atoms with Crippen LogP contribution in [0.4, 0.5) is 10.1 Å². The number of hydrogen-bond acceptors (Lipinski definition) is 2. The molecule has 120 valence electrons. The summed E-state index contributed by atoms with van der Waals surface area (Å²) in [6.45, 7) is 4.38. The first-order chi connectivity index (χ1) is 10.5. The molecule has 22 heavy (non-hydrogen) atoms. The quantitative estimate of drug-likeness (QED) is 0.801. The molecule has 6 heteroatoms. The highest BCUT2D eigenvalue weighted by Gasteiger charge is 2.28. The maximum Gasteiger partial charge on any atom is 0.282 e. The molecule has 0 bridgehead atoms. The lowest BCUT2D eigenvalue weighted by molar-refractivity contribution is -0.897. The highest BCUT2D eigenvalue weighted by atomic mass is 19.1. The van der Waals surface area contributed by atoms with Crippen LogP contribution in [-0.4, -0.2) is 38.0 Å². The van der Waals surface area contributed by atoms with Gasteiger partial charge >= 0.3 is 0 Å². The van der Waals surface area contributed by atoms with Gasteiger partial charge in [0.1, 0.15) is 5.82 Å². The number of quaternary nitrogens is 1. The molecular weight excluding hydrogens is 285 g/mol. The Bertz CT molecular complexity index is 525. The number of primary amides is 1. The molecule has 1 aliphatic rings. The minimum absolute atomic E-state index is 0.0154. The third kappa shape index (κ3) is 4.04. The lowest BCUT2D eigenvalue weighted by atomic mass is 9.96. The minimum atomic E-state index is -0.314. The fraction of sp³-hybridized carbons (Fsp3) is 0.500. The summed E-state index contributed by atoms with van der Waals surface area (Å²) >= 11 is 0. The van der Waals surface area contributed by atoms with Crippen LogP contribution >= 0.6 is 0 Å². The molecule has 2 amide bonds. The highest BCUT2D eigenvalue weighted by Crippen LogP contribution is 2.14. The number of benzene rings is 1. The van der Waals surface area contributed by atoms with Gasteiger partial charge in [-0.3, -0.25) is 9.59 Å². The number of halogens is 1. The number of nitrogens with one attached hydrogen (secondary N) is 1. The monoisotopic (exact) mass is 308 g/mol. The predicted octanol–water partition coefficient (Wildman–Crippen LogP) is -0.0412. The second kappa shape index (κ2) is 7.35. The molecule has 0 aliphatic carbocycles. The van der Waals surface area contributed by atoms with Crippen LogP contribution in [0.1, 0.15) is 19.8 Å². The second-order valence-electron chi connectivity index (χ2n) is 5.72. The summed E-state index contributed by atoms with van der Waals surface area (Å²) in [5, 5.41) is 0. The van der Waals surface area contributed by atoms with E-state index in [0.717, 1.165) is 25.9 Å². The van der Waals surface area contributed by atoms with Crippen LogP contribution in [0.3, 0.4) is 0 Å². The van der Waals surface area contributed by atoms with E-state index in [1.54, 1.807) is 17.0 Å². The van der Waals surface area contributed by atoms with Crippen LogP contribution in [0.2, 0.25) is 0 Å². The van der Waals surface area contributed by atoms with Crippen LogP contribution < -0.4 is 15.5 Å². The SMILES string of the molecule is CCN(C(=O)C[NH+]1CCC(C(N)=O)CC1)c1ccc(F)cc1. The Morgan fingerprint density at radius 1 is 1.27 bits per heavy atom. The van der Waals surface area contributed by atoms with Gasteiger partial charge in [0.25, 0.3) is 5.91 Å². The fourth-order valence-electron chi connectivity index (χ4n) is 2.92. The van der Waals surface area contributed by atoms with Crippen molar-refractivity contribution in [3.63, 3.8) is 0 Å². The van der Waals surface area contributed by atoms with Crippen molar-refractivity contribution in [2.45, 2.75) is 19.8 Å². The van der Waals surface area contributed by atoms with Crippen molar-refractivity contribution < 1.29 is 18.9 Å². The van der Waals surface area contributed by atoms with E-state index in [2.05, 4.69) is 0 Å². The smallest absolute Gasteiger partial charge is 0.282 e. The number of carbonyl (C=O) groups is 2. The average Bonchev–Trinajstić information content (AvgIpc) is 2.50. The molecule has 0 radical (unpaired) electrons. The van der Waals surface area contributed by atoms with E-state index in [-0.39, 0.29) is 23.5 Å². The zero-order valence-electron chi connectivity index (χ0n) is 12.8. The Morgan fingerprint density at radius 2 is 1.86 bits per heavy atom. The van der Waals surface area contributed by atoms with E-state index in [9.17, 15) is 14.0 Å². The largest absolute Gasteiger partial charge is 0.369 e. The summed E-state index contributed by atoms with van der Waals surface area (Å²) in [4.78, 5) is 26.4. The molecule has 0 saturated carbocycles. The first kappa shape index (κ1) is 16.4. The molecule has 1 aromatic carbocycles. The number of nitrogens with two attached hydrogens (primary N) is 1.